The van der Waals surface area contributed by atoms with E-state index in [-0.39, 0.29) is 5.91 Å². The van der Waals surface area contributed by atoms with Gasteiger partial charge in [0.25, 0.3) is 5.91 Å². The molecule has 4 aromatic rings. The minimum absolute atomic E-state index is 0.276. The maximum atomic E-state index is 12.5. The SMILES string of the molecule is COc1cc(/C=N\NC(=O)c2ccc3ccccc3c2)cc(I)c1OCc1ccc(Cl)cc1. The van der Waals surface area contributed by atoms with Gasteiger partial charge >= 0.3 is 0 Å². The normalized spacial score (nSPS) is 11.0. The Morgan fingerprint density at radius 3 is 2.55 bits per heavy atom. The first-order chi connectivity index (χ1) is 16.0. The molecule has 0 spiro atoms. The van der Waals surface area contributed by atoms with Gasteiger partial charge in [0.2, 0.25) is 0 Å². The zero-order valence-corrected chi connectivity index (χ0v) is 20.6. The first-order valence-electron chi connectivity index (χ1n) is 10.1. The highest BCUT2D eigenvalue weighted by atomic mass is 127. The number of rotatable bonds is 7. The molecule has 5 nitrogen and oxygen atoms in total. The van der Waals surface area contributed by atoms with Gasteiger partial charge in [-0.25, -0.2) is 5.43 Å². The lowest BCUT2D eigenvalue weighted by Crippen LogP contribution is -2.17. The van der Waals surface area contributed by atoms with Crippen molar-refractivity contribution in [3.63, 3.8) is 0 Å². The first kappa shape index (κ1) is 23.1. The molecular weight excluding hydrogens is 551 g/mol. The van der Waals surface area contributed by atoms with Gasteiger partial charge in [-0.15, -0.1) is 0 Å². The molecule has 0 aliphatic heterocycles. The number of fused-ring (bicyclic) bond motifs is 1. The Balaban J connectivity index is 1.44. The monoisotopic (exact) mass is 570 g/mol. The predicted octanol–water partition coefficient (Wildman–Crippen LogP) is 6.45. The van der Waals surface area contributed by atoms with Gasteiger partial charge in [-0.05, 0) is 80.9 Å². The molecule has 0 aliphatic carbocycles. The number of hydrazone groups is 1. The molecule has 7 heteroatoms. The van der Waals surface area contributed by atoms with Crippen molar-refractivity contribution >= 4 is 57.1 Å². The van der Waals surface area contributed by atoms with Crippen LogP contribution in [0.3, 0.4) is 0 Å². The van der Waals surface area contributed by atoms with Gasteiger partial charge in [0.15, 0.2) is 11.5 Å². The van der Waals surface area contributed by atoms with Gasteiger partial charge in [-0.3, -0.25) is 4.79 Å². The number of nitrogens with zero attached hydrogens (tertiary/aromatic N) is 1. The summed E-state index contributed by atoms with van der Waals surface area (Å²) in [5, 5.41) is 6.88. The highest BCUT2D eigenvalue weighted by Gasteiger charge is 2.12. The van der Waals surface area contributed by atoms with Crippen LogP contribution < -0.4 is 14.9 Å². The van der Waals surface area contributed by atoms with Crippen LogP contribution in [0.15, 0.2) is 84.0 Å². The molecule has 0 aromatic heterocycles. The van der Waals surface area contributed by atoms with Gasteiger partial charge in [-0.2, -0.15) is 5.10 Å². The van der Waals surface area contributed by atoms with Gasteiger partial charge in [0, 0.05) is 10.6 Å². The number of carbonyl (C=O) groups excluding carboxylic acids is 1. The molecule has 0 bridgehead atoms. The van der Waals surface area contributed by atoms with Gasteiger partial charge in [-0.1, -0.05) is 54.1 Å². The molecule has 1 N–H and O–H groups in total. The van der Waals surface area contributed by atoms with Crippen molar-refractivity contribution in [2.45, 2.75) is 6.61 Å². The standard InChI is InChI=1S/C26H20ClIN2O3/c1-32-24-13-18(12-23(28)25(24)33-16-17-6-10-22(27)11-7-17)15-29-30-26(31)21-9-8-19-4-2-3-5-20(19)14-21/h2-15H,16H2,1H3,(H,30,31)/b29-15-. The summed E-state index contributed by atoms with van der Waals surface area (Å²) in [5.41, 5.74) is 4.90. The maximum Gasteiger partial charge on any atom is 0.271 e. The quantitative estimate of drug-likeness (QED) is 0.158. The van der Waals surface area contributed by atoms with Crippen molar-refractivity contribution in [3.8, 4) is 11.5 Å². The van der Waals surface area contributed by atoms with E-state index in [9.17, 15) is 4.79 Å². The number of nitrogens with one attached hydrogen (secondary N) is 1. The van der Waals surface area contributed by atoms with Crippen molar-refractivity contribution in [3.05, 3.63) is 104 Å². The minimum Gasteiger partial charge on any atom is -0.493 e. The third-order valence-corrected chi connectivity index (χ3v) is 5.99. The molecule has 1 amide bonds. The Bertz CT molecular complexity index is 1320. The fourth-order valence-corrected chi connectivity index (χ4v) is 4.16. The maximum absolute atomic E-state index is 12.5. The first-order valence-corrected chi connectivity index (χ1v) is 11.6. The summed E-state index contributed by atoms with van der Waals surface area (Å²) < 4.78 is 12.4. The molecule has 0 aliphatic rings. The van der Waals surface area contributed by atoms with E-state index in [1.54, 1.807) is 19.4 Å². The van der Waals surface area contributed by atoms with E-state index in [2.05, 4.69) is 33.1 Å². The highest BCUT2D eigenvalue weighted by Crippen LogP contribution is 2.34. The molecule has 0 radical (unpaired) electrons. The number of halogens is 2. The van der Waals surface area contributed by atoms with E-state index in [1.165, 1.54) is 0 Å². The molecule has 4 rings (SSSR count). The van der Waals surface area contributed by atoms with E-state index in [0.29, 0.717) is 28.7 Å². The molecule has 0 heterocycles. The molecule has 0 saturated heterocycles. The third-order valence-electron chi connectivity index (χ3n) is 4.94. The summed E-state index contributed by atoms with van der Waals surface area (Å²) in [4.78, 5) is 12.5. The van der Waals surface area contributed by atoms with Crippen molar-refractivity contribution in [1.82, 2.24) is 5.43 Å². The fourth-order valence-electron chi connectivity index (χ4n) is 3.25. The second-order valence-electron chi connectivity index (χ2n) is 7.21. The second kappa shape index (κ2) is 10.7. The zero-order chi connectivity index (χ0) is 23.2. The Hall–Kier alpha value is -3.10. The molecule has 0 unspecified atom stereocenters. The van der Waals surface area contributed by atoms with Gasteiger partial charge < -0.3 is 9.47 Å². The lowest BCUT2D eigenvalue weighted by Gasteiger charge is -2.13. The number of ether oxygens (including phenoxy) is 2. The number of carbonyl (C=O) groups is 1. The number of hydrogen-bond acceptors (Lipinski definition) is 4. The Labute approximate surface area is 210 Å². The van der Waals surface area contributed by atoms with Crippen LogP contribution in [-0.4, -0.2) is 19.2 Å². The summed E-state index contributed by atoms with van der Waals surface area (Å²) in [5.74, 6) is 0.949. The molecule has 0 atom stereocenters. The summed E-state index contributed by atoms with van der Waals surface area (Å²) >= 11 is 8.13. The summed E-state index contributed by atoms with van der Waals surface area (Å²) in [7, 11) is 1.59. The summed E-state index contributed by atoms with van der Waals surface area (Å²) in [6.45, 7) is 0.388. The molecule has 33 heavy (non-hydrogen) atoms. The van der Waals surface area contributed by atoms with Crippen LogP contribution in [0.4, 0.5) is 0 Å². The van der Waals surface area contributed by atoms with Crippen LogP contribution in [0.5, 0.6) is 11.5 Å². The van der Waals surface area contributed by atoms with E-state index >= 15 is 0 Å². The van der Waals surface area contributed by atoms with Crippen LogP contribution >= 0.6 is 34.2 Å². The second-order valence-corrected chi connectivity index (χ2v) is 8.81. The molecule has 4 aromatic carbocycles. The van der Waals surface area contributed by atoms with E-state index in [1.807, 2.05) is 72.8 Å². The number of methoxy groups -OCH3 is 1. The third kappa shape index (κ3) is 5.83. The van der Waals surface area contributed by atoms with Crippen LogP contribution in [0.1, 0.15) is 21.5 Å². The van der Waals surface area contributed by atoms with Gasteiger partial charge in [0.1, 0.15) is 6.61 Å². The number of hydrogen-bond donors (Lipinski definition) is 1. The number of benzene rings is 4. The molecular formula is C26H20ClIN2O3. The predicted molar refractivity (Wildman–Crippen MR) is 141 cm³/mol. The molecule has 0 fully saturated rings. The Kier molecular flexibility index (Phi) is 7.47. The Morgan fingerprint density at radius 2 is 1.79 bits per heavy atom. The van der Waals surface area contributed by atoms with E-state index in [4.69, 9.17) is 21.1 Å². The highest BCUT2D eigenvalue weighted by molar-refractivity contribution is 14.1. The minimum atomic E-state index is -0.276. The summed E-state index contributed by atoms with van der Waals surface area (Å²) in [6, 6.07) is 24.7. The lowest BCUT2D eigenvalue weighted by atomic mass is 10.1. The van der Waals surface area contributed by atoms with Crippen LogP contribution in [0, 0.1) is 3.57 Å². The number of amides is 1. The van der Waals surface area contributed by atoms with Gasteiger partial charge in [0.05, 0.1) is 16.9 Å². The molecule has 166 valence electrons. The Morgan fingerprint density at radius 1 is 1.03 bits per heavy atom. The zero-order valence-electron chi connectivity index (χ0n) is 17.7. The van der Waals surface area contributed by atoms with Crippen LogP contribution in [-0.2, 0) is 6.61 Å². The topological polar surface area (TPSA) is 59.9 Å². The van der Waals surface area contributed by atoms with Crippen molar-refractivity contribution < 1.29 is 14.3 Å². The average molecular weight is 571 g/mol. The van der Waals surface area contributed by atoms with Crippen molar-refractivity contribution in [2.75, 3.05) is 7.11 Å². The van der Waals surface area contributed by atoms with E-state index < -0.39 is 0 Å². The largest absolute Gasteiger partial charge is 0.493 e. The van der Waals surface area contributed by atoms with Crippen molar-refractivity contribution in [1.29, 1.82) is 0 Å². The summed E-state index contributed by atoms with van der Waals surface area (Å²) in [6.07, 6.45) is 1.58. The van der Waals surface area contributed by atoms with Crippen LogP contribution in [0.2, 0.25) is 5.02 Å². The fraction of sp³-hybridized carbons (Fsp3) is 0.0769. The smallest absolute Gasteiger partial charge is 0.271 e. The van der Waals surface area contributed by atoms with Crippen LogP contribution in [0.25, 0.3) is 10.8 Å². The lowest BCUT2D eigenvalue weighted by molar-refractivity contribution is 0.0955. The van der Waals surface area contributed by atoms with Crippen molar-refractivity contribution in [2.24, 2.45) is 5.10 Å². The van der Waals surface area contributed by atoms with E-state index in [0.717, 1.165) is 25.5 Å². The molecule has 0 saturated carbocycles. The average Bonchev–Trinajstić information content (AvgIpc) is 2.83.